The first kappa shape index (κ1) is 28.3. The molecule has 3 heterocycles. The van der Waals surface area contributed by atoms with Crippen LogP contribution in [0.25, 0.3) is 20.8 Å². The Kier molecular flexibility index (Phi) is 8.25. The maximum absolute atomic E-state index is 13.7. The molecule has 1 aliphatic rings. The summed E-state index contributed by atoms with van der Waals surface area (Å²) in [5, 5.41) is 4.74. The van der Waals surface area contributed by atoms with Crippen molar-refractivity contribution in [2.45, 2.75) is 24.8 Å². The van der Waals surface area contributed by atoms with Crippen LogP contribution in [-0.2, 0) is 23.0 Å². The minimum absolute atomic E-state index is 0. The number of likely N-dealkylation sites (N-methyl/N-ethyl adjacent to an activating group) is 1. The lowest BCUT2D eigenvalue weighted by Crippen LogP contribution is -2.29. The van der Waals surface area contributed by atoms with Crippen molar-refractivity contribution in [1.82, 2.24) is 9.88 Å². The van der Waals surface area contributed by atoms with E-state index in [0.29, 0.717) is 0 Å². The molecule has 0 aliphatic carbocycles. The topological polar surface area (TPSA) is 91.4 Å². The molecule has 206 valence electrons. The first-order valence-electron chi connectivity index (χ1n) is 12.6. The number of hydrogen-bond donors (Lipinski definition) is 2. The number of thiophene rings is 1. The Balaban J connectivity index is 0.00000323. The summed E-state index contributed by atoms with van der Waals surface area (Å²) >= 11 is 3.20. The predicted molar refractivity (Wildman–Crippen MR) is 166 cm³/mol. The van der Waals surface area contributed by atoms with Gasteiger partial charge in [0.2, 0.25) is 0 Å². The van der Waals surface area contributed by atoms with Crippen molar-refractivity contribution >= 4 is 71.9 Å². The number of hydrogen-bond acceptors (Lipinski definition) is 7. The first-order valence-corrected chi connectivity index (χ1v) is 15.8. The summed E-state index contributed by atoms with van der Waals surface area (Å²) in [7, 11) is -3.86. The fraction of sp³-hybridized carbons (Fsp3) is 0.172. The quantitative estimate of drug-likeness (QED) is 0.210. The molecule has 11 heteroatoms. The molecule has 0 spiro atoms. The highest BCUT2D eigenvalue weighted by molar-refractivity contribution is 7.92. The average molecular weight is 611 g/mol. The summed E-state index contributed by atoms with van der Waals surface area (Å²) in [5.74, 6) is -0.380. The summed E-state index contributed by atoms with van der Waals surface area (Å²) in [4.78, 5) is 22.3. The second kappa shape index (κ2) is 11.7. The zero-order valence-corrected chi connectivity index (χ0v) is 24.9. The second-order valence-corrected chi connectivity index (χ2v) is 13.0. The van der Waals surface area contributed by atoms with Crippen LogP contribution in [0.1, 0.15) is 27.7 Å². The minimum atomic E-state index is -3.86. The van der Waals surface area contributed by atoms with Gasteiger partial charge in [0.25, 0.3) is 15.9 Å². The number of amides is 1. The van der Waals surface area contributed by atoms with Crippen LogP contribution in [0.3, 0.4) is 0 Å². The lowest BCUT2D eigenvalue weighted by atomic mass is 10.0. The van der Waals surface area contributed by atoms with Gasteiger partial charge in [0.15, 0.2) is 0 Å². The van der Waals surface area contributed by atoms with Gasteiger partial charge >= 0.3 is 0 Å². The van der Waals surface area contributed by atoms with Gasteiger partial charge < -0.3 is 5.32 Å². The zero-order chi connectivity index (χ0) is 27.0. The molecule has 7 nitrogen and oxygen atoms in total. The zero-order valence-electron chi connectivity index (χ0n) is 21.6. The first-order chi connectivity index (χ1) is 18.9. The van der Waals surface area contributed by atoms with E-state index in [9.17, 15) is 13.2 Å². The van der Waals surface area contributed by atoms with Crippen molar-refractivity contribution in [2.75, 3.05) is 23.1 Å². The number of thiazole rings is 1. The van der Waals surface area contributed by atoms with Crippen molar-refractivity contribution in [3.63, 3.8) is 0 Å². The fourth-order valence-corrected chi connectivity index (χ4v) is 8.26. The normalized spacial score (nSPS) is 13.4. The van der Waals surface area contributed by atoms with E-state index in [2.05, 4.69) is 27.9 Å². The van der Waals surface area contributed by atoms with Crippen LogP contribution >= 0.6 is 35.1 Å². The van der Waals surface area contributed by atoms with Crippen molar-refractivity contribution in [1.29, 1.82) is 0 Å². The number of fused-ring (bicyclic) bond motifs is 2. The largest absolute Gasteiger partial charge is 0.313 e. The number of para-hydroxylation sites is 2. The number of carbonyl (C=O) groups is 1. The van der Waals surface area contributed by atoms with E-state index in [0.717, 1.165) is 51.8 Å². The van der Waals surface area contributed by atoms with Gasteiger partial charge in [0.05, 0.1) is 26.4 Å². The molecule has 1 amide bonds. The van der Waals surface area contributed by atoms with Gasteiger partial charge in [-0.2, -0.15) is 0 Å². The van der Waals surface area contributed by atoms with Gasteiger partial charge in [-0.05, 0) is 54.9 Å². The van der Waals surface area contributed by atoms with Crippen LogP contribution in [0.2, 0.25) is 0 Å². The molecule has 1 aliphatic heterocycles. The van der Waals surface area contributed by atoms with Crippen LogP contribution in [-0.4, -0.2) is 37.3 Å². The number of carbonyl (C=O) groups excluding carboxylic acids is 1. The number of anilines is 2. The standard InChI is InChI=1S/C29H26N4O3S3.ClH/c1-2-33-17-16-21-25(18-33)38-29(26(21)28-30-23-14-8-9-15-24(23)37-28)31-27(34)20-12-6-7-13-22(20)32-39(35,36)19-10-4-3-5-11-19;/h3-15,32H,2,16-18H2,1H3,(H,31,34);1H. The summed E-state index contributed by atoms with van der Waals surface area (Å²) in [6.07, 6.45) is 0.883. The monoisotopic (exact) mass is 610 g/mol. The fourth-order valence-electron chi connectivity index (χ4n) is 4.76. The smallest absolute Gasteiger partial charge is 0.261 e. The van der Waals surface area contributed by atoms with E-state index in [1.165, 1.54) is 22.6 Å². The molecule has 0 radical (unpaired) electrons. The molecule has 2 N–H and O–H groups in total. The van der Waals surface area contributed by atoms with Gasteiger partial charge in [0, 0.05) is 23.5 Å². The number of halogens is 1. The number of sulfonamides is 1. The highest BCUT2D eigenvalue weighted by Crippen LogP contribution is 2.46. The Hall–Kier alpha value is -3.28. The van der Waals surface area contributed by atoms with Gasteiger partial charge in [-0.3, -0.25) is 14.4 Å². The molecule has 40 heavy (non-hydrogen) atoms. The van der Waals surface area contributed by atoms with E-state index >= 15 is 0 Å². The predicted octanol–water partition coefficient (Wildman–Crippen LogP) is 6.88. The molecule has 0 saturated carbocycles. The molecule has 0 atom stereocenters. The van der Waals surface area contributed by atoms with Crippen LogP contribution in [0.4, 0.5) is 10.7 Å². The third-order valence-corrected chi connectivity index (χ3v) is 10.4. The van der Waals surface area contributed by atoms with Crippen molar-refractivity contribution in [2.24, 2.45) is 0 Å². The van der Waals surface area contributed by atoms with Crippen molar-refractivity contribution < 1.29 is 13.2 Å². The molecular formula is C29H27ClN4O3S3. The van der Waals surface area contributed by atoms with Gasteiger partial charge in [-0.15, -0.1) is 35.1 Å². The van der Waals surface area contributed by atoms with E-state index < -0.39 is 10.0 Å². The SMILES string of the molecule is CCN1CCc2c(sc(NC(=O)c3ccccc3NS(=O)(=O)c3ccccc3)c2-c2nc3ccccc3s2)C1.Cl. The van der Waals surface area contributed by atoms with Crippen LogP contribution in [0.15, 0.2) is 83.8 Å². The summed E-state index contributed by atoms with van der Waals surface area (Å²) in [6, 6.07) is 22.8. The van der Waals surface area contributed by atoms with E-state index in [1.54, 1.807) is 65.1 Å². The second-order valence-electron chi connectivity index (χ2n) is 9.23. The summed E-state index contributed by atoms with van der Waals surface area (Å²) in [5.41, 5.74) is 3.61. The molecule has 0 saturated heterocycles. The van der Waals surface area contributed by atoms with Crippen LogP contribution in [0, 0.1) is 0 Å². The number of aromatic nitrogens is 1. The molecular weight excluding hydrogens is 584 g/mol. The average Bonchev–Trinajstić information content (AvgIpc) is 3.53. The molecule has 5 aromatic rings. The van der Waals surface area contributed by atoms with Crippen molar-refractivity contribution in [3.8, 4) is 10.6 Å². The number of nitrogens with zero attached hydrogens (tertiary/aromatic N) is 2. The lowest BCUT2D eigenvalue weighted by molar-refractivity contribution is 0.102. The Morgan fingerprint density at radius 2 is 1.70 bits per heavy atom. The van der Waals surface area contributed by atoms with Crippen LogP contribution in [0.5, 0.6) is 0 Å². The molecule has 6 rings (SSSR count). The Morgan fingerprint density at radius 3 is 2.48 bits per heavy atom. The van der Waals surface area contributed by atoms with E-state index in [4.69, 9.17) is 4.98 Å². The number of rotatable bonds is 7. The number of benzene rings is 3. The van der Waals surface area contributed by atoms with Gasteiger partial charge in [-0.25, -0.2) is 13.4 Å². The minimum Gasteiger partial charge on any atom is -0.313 e. The Morgan fingerprint density at radius 1 is 0.975 bits per heavy atom. The summed E-state index contributed by atoms with van der Waals surface area (Å²) < 4.78 is 29.7. The molecule has 0 unspecified atom stereocenters. The molecule has 0 bridgehead atoms. The maximum atomic E-state index is 13.7. The molecule has 2 aromatic heterocycles. The highest BCUT2D eigenvalue weighted by Gasteiger charge is 2.28. The van der Waals surface area contributed by atoms with Gasteiger partial charge in [-0.1, -0.05) is 49.4 Å². The maximum Gasteiger partial charge on any atom is 0.261 e. The lowest BCUT2D eigenvalue weighted by Gasteiger charge is -2.25. The highest BCUT2D eigenvalue weighted by atomic mass is 35.5. The van der Waals surface area contributed by atoms with Crippen LogP contribution < -0.4 is 10.0 Å². The van der Waals surface area contributed by atoms with E-state index in [-0.39, 0.29) is 34.5 Å². The third-order valence-electron chi connectivity index (χ3n) is 6.79. The Bertz CT molecular complexity index is 1750. The Labute approximate surface area is 247 Å². The number of nitrogens with one attached hydrogen (secondary N) is 2. The summed E-state index contributed by atoms with van der Waals surface area (Å²) in [6.45, 7) is 4.90. The molecule has 3 aromatic carbocycles. The molecule has 0 fully saturated rings. The van der Waals surface area contributed by atoms with Crippen molar-refractivity contribution in [3.05, 3.63) is 94.9 Å². The third kappa shape index (κ3) is 5.50. The van der Waals surface area contributed by atoms with E-state index in [1.807, 2.05) is 18.2 Å². The van der Waals surface area contributed by atoms with Gasteiger partial charge in [0.1, 0.15) is 10.0 Å².